The van der Waals surface area contributed by atoms with E-state index in [1.165, 1.54) is 19.1 Å². The van der Waals surface area contributed by atoms with Crippen molar-refractivity contribution in [3.05, 3.63) is 34.4 Å². The summed E-state index contributed by atoms with van der Waals surface area (Å²) >= 11 is 0. The number of carbonyl (C=O) groups is 5. The number of ether oxygens (including phenoxy) is 3. The molecule has 0 amide bonds. The molecule has 1 heterocycles. The number of hydrogen-bond acceptors (Lipinski definition) is 9. The van der Waals surface area contributed by atoms with E-state index in [1.807, 2.05) is 0 Å². The summed E-state index contributed by atoms with van der Waals surface area (Å²) in [7, 11) is 0. The van der Waals surface area contributed by atoms with E-state index in [0.29, 0.717) is 6.61 Å². The van der Waals surface area contributed by atoms with E-state index in [4.69, 9.17) is 14.2 Å². The minimum Gasteiger partial charge on any atom is -0.478 e. The zero-order chi connectivity index (χ0) is 24.5. The fraction of sp³-hybridized carbons (Fsp3) is 0.409. The largest absolute Gasteiger partial charge is 0.478 e. The van der Waals surface area contributed by atoms with Crippen LogP contribution in [0.15, 0.2) is 17.7 Å². The molecule has 11 heteroatoms. The zero-order valence-corrected chi connectivity index (χ0v) is 18.2. The Kier molecular flexibility index (Phi) is 9.10. The number of carbonyl (C=O) groups excluding carboxylic acids is 3. The van der Waals surface area contributed by atoms with Crippen LogP contribution in [-0.4, -0.2) is 72.3 Å². The Balaban J connectivity index is 2.21. The van der Waals surface area contributed by atoms with Crippen LogP contribution in [0, 0.1) is 0 Å². The SMILES string of the molecule is CCC(=O)C(=O)OCCCNc1ccc(C(=O)O)c(C(=O)O)c1C=C(C)C(=O)OCC1CO1. The molecule has 1 fully saturated rings. The van der Waals surface area contributed by atoms with Crippen LogP contribution in [0.4, 0.5) is 5.69 Å². The summed E-state index contributed by atoms with van der Waals surface area (Å²) in [6, 6.07) is 2.52. The Morgan fingerprint density at radius 2 is 1.82 bits per heavy atom. The molecule has 0 radical (unpaired) electrons. The fourth-order valence-electron chi connectivity index (χ4n) is 2.74. The summed E-state index contributed by atoms with van der Waals surface area (Å²) in [5, 5.41) is 22.0. The minimum absolute atomic E-state index is 0.0160. The molecule has 2 rings (SSSR count). The summed E-state index contributed by atoms with van der Waals surface area (Å²) in [4.78, 5) is 58.3. The van der Waals surface area contributed by atoms with Crippen molar-refractivity contribution >= 4 is 41.4 Å². The van der Waals surface area contributed by atoms with Crippen LogP contribution in [0.1, 0.15) is 53.0 Å². The predicted octanol–water partition coefficient (Wildman–Crippen LogP) is 1.75. The van der Waals surface area contributed by atoms with Crippen molar-refractivity contribution in [1.29, 1.82) is 0 Å². The van der Waals surface area contributed by atoms with Gasteiger partial charge in [0.2, 0.25) is 5.78 Å². The molecule has 1 saturated heterocycles. The Hall–Kier alpha value is -3.73. The molecule has 33 heavy (non-hydrogen) atoms. The molecule has 3 N–H and O–H groups in total. The van der Waals surface area contributed by atoms with Gasteiger partial charge in [-0.2, -0.15) is 0 Å². The van der Waals surface area contributed by atoms with Gasteiger partial charge in [0.1, 0.15) is 12.7 Å². The number of anilines is 1. The quantitative estimate of drug-likeness (QED) is 0.128. The van der Waals surface area contributed by atoms with E-state index in [1.54, 1.807) is 6.92 Å². The molecule has 1 aromatic carbocycles. The van der Waals surface area contributed by atoms with Crippen LogP contribution < -0.4 is 5.32 Å². The van der Waals surface area contributed by atoms with Gasteiger partial charge in [-0.1, -0.05) is 6.92 Å². The van der Waals surface area contributed by atoms with E-state index < -0.39 is 40.8 Å². The van der Waals surface area contributed by atoms with Gasteiger partial charge in [0.25, 0.3) is 0 Å². The zero-order valence-electron chi connectivity index (χ0n) is 18.2. The molecule has 1 atom stereocenters. The minimum atomic E-state index is -1.48. The predicted molar refractivity (Wildman–Crippen MR) is 114 cm³/mol. The summed E-state index contributed by atoms with van der Waals surface area (Å²) in [6.07, 6.45) is 1.42. The molecule has 1 aromatic rings. The van der Waals surface area contributed by atoms with E-state index in [9.17, 15) is 34.2 Å². The number of benzene rings is 1. The van der Waals surface area contributed by atoms with Crippen LogP contribution in [0.25, 0.3) is 6.08 Å². The van der Waals surface area contributed by atoms with Crippen LogP contribution >= 0.6 is 0 Å². The second kappa shape index (κ2) is 11.8. The smallest absolute Gasteiger partial charge is 0.374 e. The molecule has 0 spiro atoms. The molecule has 1 unspecified atom stereocenters. The monoisotopic (exact) mass is 463 g/mol. The molecule has 0 saturated carbocycles. The van der Waals surface area contributed by atoms with Crippen molar-refractivity contribution in [2.75, 3.05) is 31.7 Å². The summed E-state index contributed by atoms with van der Waals surface area (Å²) < 4.78 is 14.9. The maximum atomic E-state index is 12.2. The van der Waals surface area contributed by atoms with Crippen molar-refractivity contribution in [3.63, 3.8) is 0 Å². The van der Waals surface area contributed by atoms with Crippen molar-refractivity contribution in [3.8, 4) is 0 Å². The molecule has 1 aliphatic heterocycles. The number of epoxide rings is 1. The normalized spacial score (nSPS) is 14.8. The molecule has 11 nitrogen and oxygen atoms in total. The van der Waals surface area contributed by atoms with Gasteiger partial charge >= 0.3 is 23.9 Å². The Morgan fingerprint density at radius 1 is 1.12 bits per heavy atom. The number of Topliss-reactive ketones (excluding diaryl/α,β-unsaturated/α-hetero) is 1. The lowest BCUT2D eigenvalue weighted by Gasteiger charge is -2.15. The van der Waals surface area contributed by atoms with Crippen LogP contribution in [0.3, 0.4) is 0 Å². The number of nitrogens with one attached hydrogen (secondary N) is 1. The van der Waals surface area contributed by atoms with Gasteiger partial charge in [0, 0.05) is 29.8 Å². The first-order valence-electron chi connectivity index (χ1n) is 10.2. The molecular formula is C22H25NO10. The van der Waals surface area contributed by atoms with E-state index >= 15 is 0 Å². The van der Waals surface area contributed by atoms with Crippen LogP contribution in [0.5, 0.6) is 0 Å². The first-order chi connectivity index (χ1) is 15.6. The third kappa shape index (κ3) is 7.42. The lowest BCUT2D eigenvalue weighted by Crippen LogP contribution is -2.18. The molecule has 0 aromatic heterocycles. The topological polar surface area (TPSA) is 169 Å². The number of hydrogen-bond donors (Lipinski definition) is 3. The van der Waals surface area contributed by atoms with Gasteiger partial charge in [-0.3, -0.25) is 4.79 Å². The Labute approximate surface area is 189 Å². The number of rotatable bonds is 13. The Morgan fingerprint density at radius 3 is 2.39 bits per heavy atom. The summed E-state index contributed by atoms with van der Waals surface area (Å²) in [5.41, 5.74) is -0.636. The standard InChI is InChI=1S/C22H25NO10/c1-3-17(24)22(30)31-8-4-7-23-16-6-5-14(19(25)26)18(20(27)28)15(16)9-12(2)21(29)33-11-13-10-32-13/h5-6,9,13,23H,3-4,7-8,10-11H2,1-2H3,(H,25,26)(H,27,28). The van der Waals surface area contributed by atoms with Crippen molar-refractivity contribution < 1.29 is 48.4 Å². The molecule has 1 aliphatic rings. The lowest BCUT2D eigenvalue weighted by atomic mass is 9.97. The molecule has 0 aliphatic carbocycles. The Bertz CT molecular complexity index is 978. The van der Waals surface area contributed by atoms with Gasteiger partial charge in [-0.25, -0.2) is 19.2 Å². The molecule has 0 bridgehead atoms. The van der Waals surface area contributed by atoms with Gasteiger partial charge in [-0.15, -0.1) is 0 Å². The van der Waals surface area contributed by atoms with Crippen LogP contribution in [-0.2, 0) is 28.6 Å². The third-order valence-electron chi connectivity index (χ3n) is 4.59. The number of ketones is 1. The second-order valence-electron chi connectivity index (χ2n) is 7.13. The van der Waals surface area contributed by atoms with Crippen molar-refractivity contribution in [2.45, 2.75) is 32.8 Å². The van der Waals surface area contributed by atoms with Gasteiger partial charge in [0.15, 0.2) is 0 Å². The highest BCUT2D eigenvalue weighted by atomic mass is 16.6. The summed E-state index contributed by atoms with van der Waals surface area (Å²) in [5.74, 6) is -5.18. The third-order valence-corrected chi connectivity index (χ3v) is 4.59. The average Bonchev–Trinajstić information content (AvgIpc) is 3.60. The second-order valence-corrected chi connectivity index (χ2v) is 7.13. The van der Waals surface area contributed by atoms with Crippen molar-refractivity contribution in [1.82, 2.24) is 0 Å². The number of carboxylic acids is 2. The van der Waals surface area contributed by atoms with Gasteiger partial charge in [0.05, 0.1) is 24.3 Å². The van der Waals surface area contributed by atoms with E-state index in [2.05, 4.69) is 5.32 Å². The van der Waals surface area contributed by atoms with Crippen molar-refractivity contribution in [2.24, 2.45) is 0 Å². The van der Waals surface area contributed by atoms with Crippen LogP contribution in [0.2, 0.25) is 0 Å². The highest BCUT2D eigenvalue weighted by molar-refractivity contribution is 6.33. The number of aromatic carboxylic acids is 2. The van der Waals surface area contributed by atoms with Gasteiger partial charge < -0.3 is 29.7 Å². The fourth-order valence-corrected chi connectivity index (χ4v) is 2.74. The highest BCUT2D eigenvalue weighted by Gasteiger charge is 2.26. The molecular weight excluding hydrogens is 438 g/mol. The lowest BCUT2D eigenvalue weighted by molar-refractivity contribution is -0.153. The maximum absolute atomic E-state index is 12.2. The van der Waals surface area contributed by atoms with E-state index in [0.717, 1.165) is 6.07 Å². The number of carboxylic acid groups (broad SMARTS) is 2. The number of esters is 2. The average molecular weight is 463 g/mol. The first kappa shape index (κ1) is 25.5. The molecule has 178 valence electrons. The first-order valence-corrected chi connectivity index (χ1v) is 10.2. The maximum Gasteiger partial charge on any atom is 0.374 e. The highest BCUT2D eigenvalue weighted by Crippen LogP contribution is 2.27. The van der Waals surface area contributed by atoms with E-state index in [-0.39, 0.29) is 55.5 Å². The van der Waals surface area contributed by atoms with Gasteiger partial charge in [-0.05, 0) is 31.6 Å². The summed E-state index contributed by atoms with van der Waals surface area (Å²) in [6.45, 7) is 3.69.